The molecule has 5 aromatic rings. The lowest BCUT2D eigenvalue weighted by molar-refractivity contribution is -0.384. The van der Waals surface area contributed by atoms with Crippen molar-refractivity contribution in [1.29, 1.82) is 0 Å². The van der Waals surface area contributed by atoms with Gasteiger partial charge in [0, 0.05) is 51.4 Å². The molecule has 19 nitrogen and oxygen atoms in total. The first kappa shape index (κ1) is 43.5. The molecule has 1 atom stereocenters. The Morgan fingerprint density at radius 3 is 1.57 bits per heavy atom. The van der Waals surface area contributed by atoms with Crippen LogP contribution in [0.15, 0.2) is 109 Å². The maximum atomic E-state index is 13.3. The average Bonchev–Trinajstić information content (AvgIpc) is 3.22. The van der Waals surface area contributed by atoms with Crippen LogP contribution in [0.5, 0.6) is 11.5 Å². The SMILES string of the molecule is CC(C)Oc1c(NC(=O)c2ccc(NC(=O)[C@H](CC(N)=O)NC(=O)c3ccc(NC(=O)c4ccc([N+](=O)[O-])cc4)cc3)cc2)ccc(C(=O)Nc2ccc(C(N)=O)cc2)c1O. The number of nitrogens with two attached hydrogens (primary N) is 2. The minimum absolute atomic E-state index is 0.0441. The first-order valence-electron chi connectivity index (χ1n) is 18.2. The molecule has 0 heterocycles. The Labute approximate surface area is 346 Å². The molecule has 0 unspecified atom stereocenters. The summed E-state index contributed by atoms with van der Waals surface area (Å²) in [7, 11) is 0. The molecule has 5 aromatic carbocycles. The zero-order valence-corrected chi connectivity index (χ0v) is 32.4. The van der Waals surface area contributed by atoms with E-state index in [0.717, 1.165) is 0 Å². The van der Waals surface area contributed by atoms with Crippen molar-refractivity contribution in [2.45, 2.75) is 32.4 Å². The molecule has 5 rings (SSSR count). The Balaban J connectivity index is 1.21. The van der Waals surface area contributed by atoms with E-state index in [-0.39, 0.29) is 50.6 Å². The molecular weight excluding hydrogens is 793 g/mol. The molecule has 61 heavy (non-hydrogen) atoms. The lowest BCUT2D eigenvalue weighted by Crippen LogP contribution is -2.46. The van der Waals surface area contributed by atoms with Crippen LogP contribution in [0.4, 0.5) is 28.4 Å². The topological polar surface area (TPSA) is 304 Å². The number of nitrogens with zero attached hydrogens (tertiary/aromatic N) is 1. The number of benzene rings is 5. The summed E-state index contributed by atoms with van der Waals surface area (Å²) in [6.45, 7) is 3.36. The van der Waals surface area contributed by atoms with Crippen molar-refractivity contribution in [2.24, 2.45) is 11.5 Å². The van der Waals surface area contributed by atoms with Gasteiger partial charge >= 0.3 is 0 Å². The quantitative estimate of drug-likeness (QED) is 0.0504. The number of hydrogen-bond acceptors (Lipinski definition) is 11. The Morgan fingerprint density at radius 2 is 1.08 bits per heavy atom. The highest BCUT2D eigenvalue weighted by Crippen LogP contribution is 2.39. The van der Waals surface area contributed by atoms with E-state index in [2.05, 4.69) is 26.6 Å². The third-order valence-electron chi connectivity index (χ3n) is 8.59. The highest BCUT2D eigenvalue weighted by molar-refractivity contribution is 6.10. The maximum absolute atomic E-state index is 13.3. The van der Waals surface area contributed by atoms with E-state index in [0.29, 0.717) is 11.4 Å². The zero-order valence-electron chi connectivity index (χ0n) is 32.4. The Hall–Kier alpha value is -8.61. The van der Waals surface area contributed by atoms with Crippen LogP contribution in [-0.2, 0) is 9.59 Å². The van der Waals surface area contributed by atoms with Gasteiger partial charge in [-0.2, -0.15) is 0 Å². The van der Waals surface area contributed by atoms with Gasteiger partial charge in [-0.1, -0.05) is 0 Å². The average molecular weight is 831 g/mol. The zero-order chi connectivity index (χ0) is 44.4. The molecular formula is C42H38N8O11. The van der Waals surface area contributed by atoms with E-state index in [1.807, 2.05) is 0 Å². The van der Waals surface area contributed by atoms with Crippen LogP contribution in [0.1, 0.15) is 72.1 Å². The van der Waals surface area contributed by atoms with Gasteiger partial charge < -0.3 is 47.9 Å². The number of non-ortho nitro benzene ring substituents is 1. The molecule has 0 aliphatic heterocycles. The monoisotopic (exact) mass is 830 g/mol. The lowest BCUT2D eigenvalue weighted by Gasteiger charge is -2.19. The second-order valence-electron chi connectivity index (χ2n) is 13.5. The van der Waals surface area contributed by atoms with E-state index >= 15 is 0 Å². The molecule has 0 spiro atoms. The number of amides is 7. The molecule has 10 N–H and O–H groups in total. The highest BCUT2D eigenvalue weighted by atomic mass is 16.6. The minimum atomic E-state index is -1.41. The van der Waals surface area contributed by atoms with Crippen molar-refractivity contribution in [3.63, 3.8) is 0 Å². The van der Waals surface area contributed by atoms with Gasteiger partial charge in [-0.3, -0.25) is 43.7 Å². The summed E-state index contributed by atoms with van der Waals surface area (Å²) in [6.07, 6.45) is -1.04. The Morgan fingerprint density at radius 1 is 0.623 bits per heavy atom. The normalized spacial score (nSPS) is 11.1. The fraction of sp³-hybridized carbons (Fsp3) is 0.119. The highest BCUT2D eigenvalue weighted by Gasteiger charge is 2.25. The second kappa shape index (κ2) is 19.2. The summed E-state index contributed by atoms with van der Waals surface area (Å²) in [6, 6.07) is 23.1. The number of phenols is 1. The number of carbonyl (C=O) groups is 7. The third kappa shape index (κ3) is 11.5. The summed E-state index contributed by atoms with van der Waals surface area (Å²) in [4.78, 5) is 98.7. The number of carbonyl (C=O) groups excluding carboxylic acids is 7. The van der Waals surface area contributed by atoms with Gasteiger partial charge in [-0.05, 0) is 111 Å². The molecule has 0 aliphatic carbocycles. The fourth-order valence-corrected chi connectivity index (χ4v) is 5.55. The third-order valence-corrected chi connectivity index (χ3v) is 8.59. The second-order valence-corrected chi connectivity index (χ2v) is 13.5. The number of primary amides is 2. The minimum Gasteiger partial charge on any atom is -0.504 e. The predicted octanol–water partition coefficient (Wildman–Crippen LogP) is 4.56. The number of hydrogen-bond donors (Lipinski definition) is 8. The lowest BCUT2D eigenvalue weighted by atomic mass is 10.1. The molecule has 312 valence electrons. The number of nitro benzene ring substituents is 1. The molecule has 0 radical (unpaired) electrons. The smallest absolute Gasteiger partial charge is 0.269 e. The summed E-state index contributed by atoms with van der Waals surface area (Å²) < 4.78 is 5.77. The number of nitro groups is 1. The van der Waals surface area contributed by atoms with Gasteiger partial charge in [0.05, 0.1) is 28.7 Å². The number of nitrogens with one attached hydrogen (secondary N) is 5. The van der Waals surface area contributed by atoms with Gasteiger partial charge in [0.2, 0.25) is 17.7 Å². The van der Waals surface area contributed by atoms with Crippen LogP contribution in [-0.4, -0.2) is 63.5 Å². The van der Waals surface area contributed by atoms with Crippen molar-refractivity contribution in [3.05, 3.63) is 147 Å². The van der Waals surface area contributed by atoms with Crippen LogP contribution < -0.4 is 42.8 Å². The van der Waals surface area contributed by atoms with Crippen molar-refractivity contribution in [2.75, 3.05) is 21.3 Å². The first-order chi connectivity index (χ1) is 29.0. The Bertz CT molecular complexity index is 2510. The molecule has 0 saturated heterocycles. The van der Waals surface area contributed by atoms with Crippen molar-refractivity contribution in [3.8, 4) is 11.5 Å². The van der Waals surface area contributed by atoms with E-state index in [1.54, 1.807) is 13.8 Å². The van der Waals surface area contributed by atoms with Gasteiger partial charge in [-0.25, -0.2) is 0 Å². The van der Waals surface area contributed by atoms with Crippen LogP contribution in [0.25, 0.3) is 0 Å². The number of anilines is 4. The summed E-state index contributed by atoms with van der Waals surface area (Å²) in [5.74, 6) is -5.67. The van der Waals surface area contributed by atoms with Crippen LogP contribution in [0, 0.1) is 10.1 Å². The largest absolute Gasteiger partial charge is 0.504 e. The van der Waals surface area contributed by atoms with Gasteiger partial charge in [0.15, 0.2) is 11.5 Å². The molecule has 7 amide bonds. The predicted molar refractivity (Wildman–Crippen MR) is 222 cm³/mol. The molecule has 19 heteroatoms. The van der Waals surface area contributed by atoms with Crippen molar-refractivity contribution in [1.82, 2.24) is 5.32 Å². The van der Waals surface area contributed by atoms with Crippen molar-refractivity contribution < 1.29 is 48.3 Å². The fourth-order valence-electron chi connectivity index (χ4n) is 5.55. The van der Waals surface area contributed by atoms with Gasteiger partial charge in [0.1, 0.15) is 6.04 Å². The van der Waals surface area contributed by atoms with Gasteiger partial charge in [0.25, 0.3) is 29.3 Å². The molecule has 0 aliphatic rings. The van der Waals surface area contributed by atoms with Crippen LogP contribution in [0.3, 0.4) is 0 Å². The van der Waals surface area contributed by atoms with E-state index in [9.17, 15) is 48.8 Å². The van der Waals surface area contributed by atoms with Crippen LogP contribution in [0.2, 0.25) is 0 Å². The summed E-state index contributed by atoms with van der Waals surface area (Å²) >= 11 is 0. The number of rotatable bonds is 16. The molecule has 0 bridgehead atoms. The van der Waals surface area contributed by atoms with Gasteiger partial charge in [-0.15, -0.1) is 0 Å². The standard InChI is InChI=1S/C42H38N8O11/c1-22(2)61-36-32(20-19-31(35(36)52)41(57)46-28-11-3-23(4-12-28)37(44)53)48-39(55)24-7-15-29(16-8-24)47-42(58)33(21-34(43)51)49-40(56)25-5-13-27(14-6-25)45-38(54)26-9-17-30(18-10-26)50(59)60/h3-20,22,33,52H,21H2,1-2H3,(H2,43,51)(H2,44,53)(H,45,54)(H,46,57)(H,47,58)(H,48,55)(H,49,56)/t33-/m0/s1. The number of phenolic OH excluding ortho intramolecular Hbond substituents is 1. The number of aromatic hydroxyl groups is 1. The molecule has 0 fully saturated rings. The van der Waals surface area contributed by atoms with Crippen molar-refractivity contribution >= 4 is 69.8 Å². The molecule has 0 aromatic heterocycles. The van der Waals surface area contributed by atoms with E-state index in [1.165, 1.54) is 109 Å². The summed E-state index contributed by atoms with van der Waals surface area (Å²) in [5.41, 5.74) is 11.7. The van der Waals surface area contributed by atoms with E-state index < -0.39 is 70.6 Å². The van der Waals surface area contributed by atoms with Crippen LogP contribution >= 0.6 is 0 Å². The molecule has 0 saturated carbocycles. The van der Waals surface area contributed by atoms with E-state index in [4.69, 9.17) is 16.2 Å². The number of ether oxygens (including phenoxy) is 1. The Kier molecular flexibility index (Phi) is 13.7. The first-order valence-corrected chi connectivity index (χ1v) is 18.2. The summed E-state index contributed by atoms with van der Waals surface area (Å²) in [5, 5.41) is 34.8. The maximum Gasteiger partial charge on any atom is 0.269 e.